The smallest absolute Gasteiger partial charge is 0.261 e. The first-order valence-corrected chi connectivity index (χ1v) is 9.67. The van der Waals surface area contributed by atoms with Gasteiger partial charge in [0.25, 0.3) is 5.56 Å². The number of aryl methyl sites for hydroxylation is 2. The number of nitrogens with one attached hydrogen (secondary N) is 1. The third-order valence-electron chi connectivity index (χ3n) is 4.70. The van der Waals surface area contributed by atoms with Crippen LogP contribution in [0.15, 0.2) is 46.3 Å². The van der Waals surface area contributed by atoms with Gasteiger partial charge in [-0.2, -0.15) is 0 Å². The number of amides is 1. The second-order valence-corrected chi connectivity index (χ2v) is 8.08. The molecular formula is C21H23N3O2S. The summed E-state index contributed by atoms with van der Waals surface area (Å²) in [5, 5.41) is 3.70. The van der Waals surface area contributed by atoms with Crippen molar-refractivity contribution in [3.05, 3.63) is 63.4 Å². The number of anilines is 1. The Hall–Kier alpha value is -2.60. The Labute approximate surface area is 162 Å². The minimum Gasteiger partial charge on any atom is -0.325 e. The van der Waals surface area contributed by atoms with E-state index in [0.29, 0.717) is 16.1 Å². The van der Waals surface area contributed by atoms with Gasteiger partial charge in [0.2, 0.25) is 5.91 Å². The van der Waals surface area contributed by atoms with E-state index in [4.69, 9.17) is 0 Å². The first kappa shape index (κ1) is 19.2. The number of hydrogen-bond acceptors (Lipinski definition) is 4. The highest BCUT2D eigenvalue weighted by Crippen LogP contribution is 2.24. The summed E-state index contributed by atoms with van der Waals surface area (Å²) >= 11 is 1.28. The van der Waals surface area contributed by atoms with Gasteiger partial charge >= 0.3 is 0 Å². The second-order valence-electron chi connectivity index (χ2n) is 6.78. The minimum atomic E-state index is -0.397. The van der Waals surface area contributed by atoms with Gasteiger partial charge in [-0.05, 0) is 57.0 Å². The molecule has 5 nitrogen and oxygen atoms in total. The Morgan fingerprint density at radius 1 is 1.19 bits per heavy atom. The van der Waals surface area contributed by atoms with Gasteiger partial charge < -0.3 is 5.32 Å². The number of carbonyl (C=O) groups is 1. The summed E-state index contributed by atoms with van der Waals surface area (Å²) in [5.74, 6) is -0.119. The van der Waals surface area contributed by atoms with Crippen LogP contribution in [0.1, 0.15) is 23.6 Å². The lowest BCUT2D eigenvalue weighted by Gasteiger charge is -2.16. The molecule has 1 N–H and O–H groups in total. The molecule has 3 aromatic rings. The zero-order valence-corrected chi connectivity index (χ0v) is 17.0. The Morgan fingerprint density at radius 2 is 1.93 bits per heavy atom. The second kappa shape index (κ2) is 7.56. The lowest BCUT2D eigenvalue weighted by atomic mass is 10.1. The first-order chi connectivity index (χ1) is 12.8. The molecular weight excluding hydrogens is 358 g/mol. The van der Waals surface area contributed by atoms with Crippen LogP contribution in [0, 0.1) is 20.8 Å². The van der Waals surface area contributed by atoms with E-state index in [-0.39, 0.29) is 11.5 Å². The number of benzene rings is 2. The van der Waals surface area contributed by atoms with Crippen molar-refractivity contribution in [1.29, 1.82) is 0 Å². The van der Waals surface area contributed by atoms with Crippen LogP contribution in [-0.4, -0.2) is 20.7 Å². The molecule has 0 aliphatic heterocycles. The molecule has 2 aromatic carbocycles. The molecule has 0 spiro atoms. The van der Waals surface area contributed by atoms with E-state index in [1.165, 1.54) is 16.3 Å². The zero-order chi connectivity index (χ0) is 19.7. The van der Waals surface area contributed by atoms with Gasteiger partial charge in [-0.1, -0.05) is 35.5 Å². The molecule has 0 fully saturated rings. The molecule has 0 radical (unpaired) electrons. The molecule has 6 heteroatoms. The van der Waals surface area contributed by atoms with Gasteiger partial charge in [0.1, 0.15) is 0 Å². The number of thioether (sulfide) groups is 1. The fourth-order valence-electron chi connectivity index (χ4n) is 2.80. The van der Waals surface area contributed by atoms with Gasteiger partial charge in [0, 0.05) is 12.7 Å². The number of carbonyl (C=O) groups excluding carboxylic acids is 1. The molecule has 0 bridgehead atoms. The molecule has 0 aliphatic rings. The molecule has 1 aromatic heterocycles. The highest BCUT2D eigenvalue weighted by atomic mass is 32.2. The zero-order valence-electron chi connectivity index (χ0n) is 16.2. The summed E-state index contributed by atoms with van der Waals surface area (Å²) in [6, 6.07) is 11.4. The van der Waals surface area contributed by atoms with E-state index in [0.717, 1.165) is 22.4 Å². The summed E-state index contributed by atoms with van der Waals surface area (Å²) in [4.78, 5) is 29.9. The maximum atomic E-state index is 12.6. The van der Waals surface area contributed by atoms with Crippen LogP contribution in [-0.2, 0) is 11.8 Å². The molecule has 27 heavy (non-hydrogen) atoms. The number of aromatic nitrogens is 2. The van der Waals surface area contributed by atoms with Crippen LogP contribution in [0.4, 0.5) is 5.69 Å². The van der Waals surface area contributed by atoms with E-state index in [1.54, 1.807) is 7.05 Å². The molecule has 0 saturated carbocycles. The highest BCUT2D eigenvalue weighted by Gasteiger charge is 2.19. The van der Waals surface area contributed by atoms with Crippen LogP contribution in [0.3, 0.4) is 0 Å². The van der Waals surface area contributed by atoms with E-state index in [9.17, 15) is 9.59 Å². The van der Waals surface area contributed by atoms with Gasteiger partial charge in [0.15, 0.2) is 5.16 Å². The summed E-state index contributed by atoms with van der Waals surface area (Å²) in [5.41, 5.74) is 4.55. The SMILES string of the molecule is Cc1ccc2nc(SC(C)C(=O)Nc3cccc(C)c3C)n(C)c(=O)c2c1. The van der Waals surface area contributed by atoms with Crippen LogP contribution in [0.2, 0.25) is 0 Å². The van der Waals surface area contributed by atoms with Crippen molar-refractivity contribution in [1.82, 2.24) is 9.55 Å². The molecule has 0 aliphatic carbocycles. The fraction of sp³-hybridized carbons (Fsp3) is 0.286. The van der Waals surface area contributed by atoms with Crippen molar-refractivity contribution in [2.45, 2.75) is 38.1 Å². The van der Waals surface area contributed by atoms with Gasteiger partial charge in [-0.25, -0.2) is 4.98 Å². The topological polar surface area (TPSA) is 64.0 Å². The predicted octanol–water partition coefficient (Wildman–Crippen LogP) is 3.98. The van der Waals surface area contributed by atoms with Crippen molar-refractivity contribution in [2.75, 3.05) is 5.32 Å². The van der Waals surface area contributed by atoms with Crippen LogP contribution < -0.4 is 10.9 Å². The lowest BCUT2D eigenvalue weighted by Crippen LogP contribution is -2.26. The monoisotopic (exact) mass is 381 g/mol. The third-order valence-corrected chi connectivity index (χ3v) is 5.85. The van der Waals surface area contributed by atoms with E-state index in [2.05, 4.69) is 10.3 Å². The lowest BCUT2D eigenvalue weighted by molar-refractivity contribution is -0.115. The number of fused-ring (bicyclic) bond motifs is 1. The van der Waals surface area contributed by atoms with E-state index in [1.807, 2.05) is 64.1 Å². The number of rotatable bonds is 4. The van der Waals surface area contributed by atoms with Crippen molar-refractivity contribution < 1.29 is 4.79 Å². The maximum absolute atomic E-state index is 12.6. The van der Waals surface area contributed by atoms with Gasteiger partial charge in [-0.15, -0.1) is 0 Å². The Bertz CT molecular complexity index is 1090. The van der Waals surface area contributed by atoms with Crippen LogP contribution >= 0.6 is 11.8 Å². The van der Waals surface area contributed by atoms with E-state index >= 15 is 0 Å². The highest BCUT2D eigenvalue weighted by molar-refractivity contribution is 8.00. The van der Waals surface area contributed by atoms with Crippen molar-refractivity contribution >= 4 is 34.3 Å². The third kappa shape index (κ3) is 3.90. The largest absolute Gasteiger partial charge is 0.325 e. The molecule has 0 saturated heterocycles. The average molecular weight is 382 g/mol. The first-order valence-electron chi connectivity index (χ1n) is 8.79. The Balaban J connectivity index is 1.85. The average Bonchev–Trinajstić information content (AvgIpc) is 2.63. The predicted molar refractivity (Wildman–Crippen MR) is 112 cm³/mol. The van der Waals surface area contributed by atoms with Crippen molar-refractivity contribution in [3.8, 4) is 0 Å². The molecule has 1 amide bonds. The van der Waals surface area contributed by atoms with Gasteiger partial charge in [0.05, 0.1) is 16.2 Å². The summed E-state index contributed by atoms with van der Waals surface area (Å²) in [6.07, 6.45) is 0. The van der Waals surface area contributed by atoms with Gasteiger partial charge in [-0.3, -0.25) is 14.2 Å². The Kier molecular flexibility index (Phi) is 5.37. The standard InChI is InChI=1S/C21H23N3O2S/c1-12-9-10-18-16(11-12)20(26)24(5)21(23-18)27-15(4)19(25)22-17-8-6-7-13(2)14(17)3/h6-11,15H,1-5H3,(H,22,25). The van der Waals surface area contributed by atoms with Crippen LogP contribution in [0.5, 0.6) is 0 Å². The minimum absolute atomic E-state index is 0.103. The molecule has 1 unspecified atom stereocenters. The fourth-order valence-corrected chi connectivity index (χ4v) is 3.68. The number of hydrogen-bond donors (Lipinski definition) is 1. The molecule has 3 rings (SSSR count). The molecule has 1 heterocycles. The number of nitrogens with zero attached hydrogens (tertiary/aromatic N) is 2. The molecule has 140 valence electrons. The summed E-state index contributed by atoms with van der Waals surface area (Å²) < 4.78 is 1.51. The quantitative estimate of drug-likeness (QED) is 0.548. The summed E-state index contributed by atoms with van der Waals surface area (Å²) in [7, 11) is 1.69. The van der Waals surface area contributed by atoms with Crippen molar-refractivity contribution in [2.24, 2.45) is 7.05 Å². The molecule has 1 atom stereocenters. The van der Waals surface area contributed by atoms with Crippen LogP contribution in [0.25, 0.3) is 10.9 Å². The Morgan fingerprint density at radius 3 is 2.67 bits per heavy atom. The normalized spacial score (nSPS) is 12.2. The maximum Gasteiger partial charge on any atom is 0.261 e. The van der Waals surface area contributed by atoms with Crippen molar-refractivity contribution in [3.63, 3.8) is 0 Å². The summed E-state index contributed by atoms with van der Waals surface area (Å²) in [6.45, 7) is 7.76. The van der Waals surface area contributed by atoms with E-state index < -0.39 is 5.25 Å².